The summed E-state index contributed by atoms with van der Waals surface area (Å²) >= 11 is 0. The van der Waals surface area contributed by atoms with Crippen LogP contribution in [0.3, 0.4) is 0 Å². The van der Waals surface area contributed by atoms with Crippen LogP contribution in [0.5, 0.6) is 0 Å². The normalized spacial score (nSPS) is 30.9. The number of hydrogen-bond donors (Lipinski definition) is 1. The smallest absolute Gasteiger partial charge is 0.237 e. The van der Waals surface area contributed by atoms with E-state index in [0.717, 1.165) is 31.5 Å². The van der Waals surface area contributed by atoms with E-state index in [2.05, 4.69) is 42.2 Å². The van der Waals surface area contributed by atoms with Crippen molar-refractivity contribution >= 4 is 5.91 Å². The Labute approximate surface area is 126 Å². The standard InChI is InChI=1S/C16H26N4O/c1-16(2,3)14-10-13(15(21)17-14)20-8-5-6-12(20)11-7-9-19(4)18-11/h7,9,12-14H,5-6,8,10H2,1-4H3,(H,17,21)/t12?,13-,14-/m1/s1. The molecule has 5 heteroatoms. The first-order valence-corrected chi connectivity index (χ1v) is 7.92. The van der Waals surface area contributed by atoms with Crippen LogP contribution in [0.15, 0.2) is 12.3 Å². The quantitative estimate of drug-likeness (QED) is 0.904. The van der Waals surface area contributed by atoms with Crippen molar-refractivity contribution in [3.05, 3.63) is 18.0 Å². The number of aromatic nitrogens is 2. The summed E-state index contributed by atoms with van der Waals surface area (Å²) in [6.07, 6.45) is 5.14. The molecule has 3 atom stereocenters. The van der Waals surface area contributed by atoms with E-state index in [1.807, 2.05) is 17.9 Å². The predicted octanol–water partition coefficient (Wildman–Crippen LogP) is 1.86. The SMILES string of the molecule is Cn1ccc(C2CCCN2[C@@H]2C[C@H](C(C)(C)C)NC2=O)n1. The van der Waals surface area contributed by atoms with Gasteiger partial charge in [-0.3, -0.25) is 14.4 Å². The molecule has 3 heterocycles. The van der Waals surface area contributed by atoms with E-state index in [1.54, 1.807) is 0 Å². The second kappa shape index (κ2) is 5.13. The van der Waals surface area contributed by atoms with Crippen LogP contribution in [-0.4, -0.2) is 39.2 Å². The fourth-order valence-corrected chi connectivity index (χ4v) is 3.60. The highest BCUT2D eigenvalue weighted by molar-refractivity contribution is 5.84. The largest absolute Gasteiger partial charge is 0.351 e. The molecule has 2 aliphatic rings. The molecule has 2 saturated heterocycles. The number of aryl methyl sites for hydroxylation is 1. The second-order valence-electron chi connectivity index (χ2n) is 7.49. The van der Waals surface area contributed by atoms with Gasteiger partial charge in [0, 0.05) is 19.3 Å². The van der Waals surface area contributed by atoms with Crippen LogP contribution in [0.25, 0.3) is 0 Å². The Kier molecular flexibility index (Phi) is 3.56. The first-order valence-electron chi connectivity index (χ1n) is 7.92. The Bertz CT molecular complexity index is 531. The first kappa shape index (κ1) is 14.6. The van der Waals surface area contributed by atoms with Crippen LogP contribution in [0, 0.1) is 5.41 Å². The summed E-state index contributed by atoms with van der Waals surface area (Å²) in [6, 6.07) is 2.64. The highest BCUT2D eigenvalue weighted by Gasteiger charge is 2.44. The molecule has 1 N–H and O–H groups in total. The third-order valence-corrected chi connectivity index (χ3v) is 4.89. The Balaban J connectivity index is 1.78. The molecule has 0 saturated carbocycles. The maximum Gasteiger partial charge on any atom is 0.237 e. The van der Waals surface area contributed by atoms with Gasteiger partial charge in [0.05, 0.1) is 17.8 Å². The lowest BCUT2D eigenvalue weighted by Gasteiger charge is -2.29. The summed E-state index contributed by atoms with van der Waals surface area (Å²) in [4.78, 5) is 14.8. The van der Waals surface area contributed by atoms with Crippen molar-refractivity contribution in [3.63, 3.8) is 0 Å². The average molecular weight is 290 g/mol. The molecule has 5 nitrogen and oxygen atoms in total. The number of amides is 1. The zero-order valence-electron chi connectivity index (χ0n) is 13.5. The van der Waals surface area contributed by atoms with Crippen molar-refractivity contribution in [2.24, 2.45) is 12.5 Å². The van der Waals surface area contributed by atoms with Crippen LogP contribution < -0.4 is 5.32 Å². The van der Waals surface area contributed by atoms with E-state index >= 15 is 0 Å². The van der Waals surface area contributed by atoms with Gasteiger partial charge >= 0.3 is 0 Å². The Morgan fingerprint density at radius 3 is 2.67 bits per heavy atom. The van der Waals surface area contributed by atoms with E-state index < -0.39 is 0 Å². The summed E-state index contributed by atoms with van der Waals surface area (Å²) in [5, 5.41) is 7.74. The van der Waals surface area contributed by atoms with Crippen molar-refractivity contribution in [1.82, 2.24) is 20.0 Å². The van der Waals surface area contributed by atoms with E-state index in [1.165, 1.54) is 0 Å². The zero-order valence-corrected chi connectivity index (χ0v) is 13.5. The van der Waals surface area contributed by atoms with Crippen LogP contribution in [0.2, 0.25) is 0 Å². The highest BCUT2D eigenvalue weighted by Crippen LogP contribution is 2.37. The Morgan fingerprint density at radius 2 is 2.10 bits per heavy atom. The molecule has 0 aliphatic carbocycles. The summed E-state index contributed by atoms with van der Waals surface area (Å²) in [5.74, 6) is 0.192. The third kappa shape index (κ3) is 2.71. The fourth-order valence-electron chi connectivity index (χ4n) is 3.60. The van der Waals surface area contributed by atoms with Gasteiger partial charge in [0.2, 0.25) is 5.91 Å². The molecule has 21 heavy (non-hydrogen) atoms. The van der Waals surface area contributed by atoms with Gasteiger partial charge in [0.1, 0.15) is 0 Å². The van der Waals surface area contributed by atoms with E-state index in [4.69, 9.17) is 0 Å². The van der Waals surface area contributed by atoms with Crippen molar-refractivity contribution in [1.29, 1.82) is 0 Å². The lowest BCUT2D eigenvalue weighted by atomic mass is 9.85. The third-order valence-electron chi connectivity index (χ3n) is 4.89. The lowest BCUT2D eigenvalue weighted by molar-refractivity contribution is -0.124. The summed E-state index contributed by atoms with van der Waals surface area (Å²) in [6.45, 7) is 7.58. The topological polar surface area (TPSA) is 50.2 Å². The van der Waals surface area contributed by atoms with E-state index in [9.17, 15) is 4.79 Å². The van der Waals surface area contributed by atoms with Gasteiger partial charge in [0.15, 0.2) is 0 Å². The van der Waals surface area contributed by atoms with E-state index in [-0.39, 0.29) is 23.4 Å². The molecule has 116 valence electrons. The monoisotopic (exact) mass is 290 g/mol. The molecule has 2 fully saturated rings. The van der Waals surface area contributed by atoms with E-state index in [0.29, 0.717) is 6.04 Å². The van der Waals surface area contributed by atoms with Crippen molar-refractivity contribution in [3.8, 4) is 0 Å². The number of rotatable bonds is 2. The van der Waals surface area contributed by atoms with Crippen LogP contribution in [-0.2, 0) is 11.8 Å². The van der Waals surface area contributed by atoms with Gasteiger partial charge in [-0.05, 0) is 37.3 Å². The summed E-state index contributed by atoms with van der Waals surface area (Å²) < 4.78 is 1.85. The number of nitrogens with zero attached hydrogens (tertiary/aromatic N) is 3. The molecular weight excluding hydrogens is 264 g/mol. The maximum atomic E-state index is 12.4. The molecule has 3 rings (SSSR count). The van der Waals surface area contributed by atoms with Crippen molar-refractivity contribution in [2.45, 2.75) is 58.2 Å². The summed E-state index contributed by atoms with van der Waals surface area (Å²) in [7, 11) is 1.95. The fraction of sp³-hybridized carbons (Fsp3) is 0.750. The maximum absolute atomic E-state index is 12.4. The number of carbonyl (C=O) groups is 1. The summed E-state index contributed by atoms with van der Waals surface area (Å²) in [5.41, 5.74) is 1.21. The molecule has 0 radical (unpaired) electrons. The molecule has 2 aliphatic heterocycles. The average Bonchev–Trinajstić information content (AvgIpc) is 3.06. The zero-order chi connectivity index (χ0) is 15.2. The molecule has 0 aromatic carbocycles. The Hall–Kier alpha value is -1.36. The number of hydrogen-bond acceptors (Lipinski definition) is 3. The molecular formula is C16H26N4O. The minimum Gasteiger partial charge on any atom is -0.351 e. The minimum atomic E-state index is 0.00345. The minimum absolute atomic E-state index is 0.00345. The van der Waals surface area contributed by atoms with Crippen molar-refractivity contribution < 1.29 is 4.79 Å². The number of likely N-dealkylation sites (tertiary alicyclic amines) is 1. The molecule has 0 bridgehead atoms. The van der Waals surface area contributed by atoms with Gasteiger partial charge in [-0.1, -0.05) is 20.8 Å². The molecule has 1 unspecified atom stereocenters. The van der Waals surface area contributed by atoms with Gasteiger partial charge in [-0.2, -0.15) is 5.10 Å². The number of nitrogens with one attached hydrogen (secondary N) is 1. The number of carbonyl (C=O) groups excluding carboxylic acids is 1. The molecule has 1 aromatic rings. The first-order chi connectivity index (χ1) is 9.86. The van der Waals surface area contributed by atoms with Gasteiger partial charge in [0.25, 0.3) is 0 Å². The highest BCUT2D eigenvalue weighted by atomic mass is 16.2. The molecule has 0 spiro atoms. The molecule has 1 amide bonds. The van der Waals surface area contributed by atoms with Crippen LogP contribution in [0.4, 0.5) is 0 Å². The second-order valence-corrected chi connectivity index (χ2v) is 7.49. The van der Waals surface area contributed by atoms with Crippen LogP contribution in [0.1, 0.15) is 51.8 Å². The van der Waals surface area contributed by atoms with Crippen molar-refractivity contribution in [2.75, 3.05) is 6.54 Å². The Morgan fingerprint density at radius 1 is 1.33 bits per heavy atom. The predicted molar refractivity (Wildman–Crippen MR) is 81.7 cm³/mol. The van der Waals surface area contributed by atoms with Gasteiger partial charge < -0.3 is 5.32 Å². The molecule has 1 aromatic heterocycles. The van der Waals surface area contributed by atoms with Gasteiger partial charge in [-0.15, -0.1) is 0 Å². The van der Waals surface area contributed by atoms with Crippen LogP contribution >= 0.6 is 0 Å². The van der Waals surface area contributed by atoms with Gasteiger partial charge in [-0.25, -0.2) is 0 Å². The lowest BCUT2D eigenvalue weighted by Crippen LogP contribution is -2.40.